The number of aryl methyl sites for hydroxylation is 3. The Balaban J connectivity index is 1.20. The molecule has 0 atom stereocenters. The van der Waals surface area contributed by atoms with Crippen molar-refractivity contribution in [3.63, 3.8) is 0 Å². The second-order valence-electron chi connectivity index (χ2n) is 9.30. The molecule has 2 aliphatic heterocycles. The van der Waals surface area contributed by atoms with E-state index in [2.05, 4.69) is 25.2 Å². The molecule has 0 radical (unpaired) electrons. The second-order valence-corrected chi connectivity index (χ2v) is 11.2. The van der Waals surface area contributed by atoms with Crippen molar-refractivity contribution in [1.29, 1.82) is 0 Å². The van der Waals surface area contributed by atoms with Crippen LogP contribution in [0.25, 0.3) is 11.4 Å². The fraction of sp³-hybridized carbons (Fsp3) is 0.500. The van der Waals surface area contributed by atoms with E-state index in [0.29, 0.717) is 24.2 Å². The van der Waals surface area contributed by atoms with E-state index in [0.717, 1.165) is 43.0 Å². The number of rotatable bonds is 5. The average molecular weight is 499 g/mol. The van der Waals surface area contributed by atoms with Gasteiger partial charge in [0.2, 0.25) is 15.9 Å². The molecule has 1 amide bonds. The predicted molar refractivity (Wildman–Crippen MR) is 129 cm³/mol. The maximum atomic E-state index is 13.0. The Morgan fingerprint density at radius 2 is 1.77 bits per heavy atom. The molecule has 3 aromatic rings. The molecule has 0 bridgehead atoms. The van der Waals surface area contributed by atoms with Crippen LogP contribution in [0.4, 0.5) is 5.69 Å². The Morgan fingerprint density at radius 3 is 2.46 bits per heavy atom. The van der Waals surface area contributed by atoms with E-state index in [4.69, 9.17) is 4.52 Å². The van der Waals surface area contributed by atoms with Gasteiger partial charge in [0.25, 0.3) is 0 Å². The van der Waals surface area contributed by atoms with Crippen LogP contribution in [-0.4, -0.2) is 51.6 Å². The molecule has 5 rings (SSSR count). The van der Waals surface area contributed by atoms with E-state index in [-0.39, 0.29) is 35.6 Å². The summed E-state index contributed by atoms with van der Waals surface area (Å²) >= 11 is 0. The number of nitrogens with one attached hydrogen (secondary N) is 1. The molecule has 10 nitrogen and oxygen atoms in total. The van der Waals surface area contributed by atoms with E-state index >= 15 is 0 Å². The van der Waals surface area contributed by atoms with Crippen molar-refractivity contribution in [1.82, 2.24) is 24.2 Å². The second kappa shape index (κ2) is 9.54. The maximum Gasteiger partial charge on any atom is 0.248 e. The minimum absolute atomic E-state index is 0.0940. The molecule has 1 N–H and O–H groups in total. The number of hydrogen-bond donors (Lipinski definition) is 1. The van der Waals surface area contributed by atoms with E-state index in [1.165, 1.54) is 10.7 Å². The Bertz CT molecular complexity index is 1300. The Hall–Kier alpha value is -3.05. The van der Waals surface area contributed by atoms with Crippen molar-refractivity contribution < 1.29 is 17.7 Å². The van der Waals surface area contributed by atoms with Gasteiger partial charge in [-0.15, -0.1) is 10.2 Å². The number of anilines is 1. The van der Waals surface area contributed by atoms with Crippen molar-refractivity contribution in [2.24, 2.45) is 5.92 Å². The third-order valence-electron chi connectivity index (χ3n) is 6.91. The number of piperidine rings is 1. The summed E-state index contributed by atoms with van der Waals surface area (Å²) in [5.74, 6) is 1.85. The number of sulfonamides is 1. The summed E-state index contributed by atoms with van der Waals surface area (Å²) in [4.78, 5) is 13.0. The number of aromatic nitrogens is 4. The Morgan fingerprint density at radius 1 is 1.03 bits per heavy atom. The molecule has 0 aliphatic carbocycles. The number of fused-ring (bicyclic) bond motifs is 1. The lowest BCUT2D eigenvalue weighted by Crippen LogP contribution is -2.41. The van der Waals surface area contributed by atoms with Gasteiger partial charge in [-0.3, -0.25) is 4.79 Å². The van der Waals surface area contributed by atoms with Crippen molar-refractivity contribution in [2.45, 2.75) is 63.8 Å². The highest BCUT2D eigenvalue weighted by Gasteiger charge is 2.35. The van der Waals surface area contributed by atoms with Crippen molar-refractivity contribution in [3.8, 4) is 11.4 Å². The summed E-state index contributed by atoms with van der Waals surface area (Å²) in [7, 11) is -3.69. The monoisotopic (exact) mass is 498 g/mol. The minimum atomic E-state index is -3.69. The highest BCUT2D eigenvalue weighted by Crippen LogP contribution is 2.29. The molecule has 35 heavy (non-hydrogen) atoms. The summed E-state index contributed by atoms with van der Waals surface area (Å²) in [5, 5.41) is 15.5. The average Bonchev–Trinajstić information content (AvgIpc) is 3.33. The molecule has 2 aliphatic rings. The van der Waals surface area contributed by atoms with Crippen LogP contribution in [0.15, 0.2) is 33.7 Å². The molecule has 2 aromatic heterocycles. The summed E-state index contributed by atoms with van der Waals surface area (Å²) < 4.78 is 34.7. The molecule has 0 spiro atoms. The van der Waals surface area contributed by atoms with Gasteiger partial charge in [0, 0.05) is 43.2 Å². The SMILES string of the molecule is Cc1noc(C)c1S(=O)(=O)N1CCC(C(=O)Nc2ccc(-c3nnc4n3CCCCC4)cc2)CC1. The van der Waals surface area contributed by atoms with Crippen LogP contribution in [0.5, 0.6) is 0 Å². The molecule has 0 saturated carbocycles. The zero-order valence-electron chi connectivity index (χ0n) is 20.0. The molecule has 1 fully saturated rings. The molecule has 4 heterocycles. The van der Waals surface area contributed by atoms with Gasteiger partial charge < -0.3 is 14.4 Å². The fourth-order valence-corrected chi connectivity index (χ4v) is 6.74. The largest absolute Gasteiger partial charge is 0.360 e. The van der Waals surface area contributed by atoms with Crippen LogP contribution in [0.2, 0.25) is 0 Å². The van der Waals surface area contributed by atoms with Crippen LogP contribution < -0.4 is 5.32 Å². The van der Waals surface area contributed by atoms with Crippen molar-refractivity contribution >= 4 is 21.6 Å². The lowest BCUT2D eigenvalue weighted by Gasteiger charge is -2.30. The topological polar surface area (TPSA) is 123 Å². The number of hydrogen-bond acceptors (Lipinski definition) is 7. The van der Waals surface area contributed by atoms with Gasteiger partial charge in [-0.25, -0.2) is 8.42 Å². The molecule has 11 heteroatoms. The summed E-state index contributed by atoms with van der Waals surface area (Å²) in [6.07, 6.45) is 5.35. The molecular formula is C24H30N6O4S. The maximum absolute atomic E-state index is 13.0. The van der Waals surface area contributed by atoms with Gasteiger partial charge in [0.15, 0.2) is 11.6 Å². The van der Waals surface area contributed by atoms with Gasteiger partial charge in [-0.1, -0.05) is 11.6 Å². The van der Waals surface area contributed by atoms with E-state index < -0.39 is 10.0 Å². The molecule has 0 unspecified atom stereocenters. The first kappa shape index (κ1) is 23.7. The van der Waals surface area contributed by atoms with Crippen LogP contribution in [0.1, 0.15) is 49.4 Å². The van der Waals surface area contributed by atoms with E-state index in [1.54, 1.807) is 13.8 Å². The lowest BCUT2D eigenvalue weighted by molar-refractivity contribution is -0.120. The molecular weight excluding hydrogens is 468 g/mol. The summed E-state index contributed by atoms with van der Waals surface area (Å²) in [6, 6.07) is 7.67. The van der Waals surface area contributed by atoms with Gasteiger partial charge >= 0.3 is 0 Å². The van der Waals surface area contributed by atoms with E-state index in [1.807, 2.05) is 24.3 Å². The highest BCUT2D eigenvalue weighted by atomic mass is 32.2. The normalized spacial score (nSPS) is 17.7. The Kier molecular flexibility index (Phi) is 6.45. The van der Waals surface area contributed by atoms with Crippen molar-refractivity contribution in [3.05, 3.63) is 41.5 Å². The van der Waals surface area contributed by atoms with Gasteiger partial charge in [0.05, 0.1) is 0 Å². The molecule has 186 valence electrons. The van der Waals surface area contributed by atoms with Crippen molar-refractivity contribution in [2.75, 3.05) is 18.4 Å². The number of carbonyl (C=O) groups excluding carboxylic acids is 1. The molecule has 1 saturated heterocycles. The quantitative estimate of drug-likeness (QED) is 0.572. The summed E-state index contributed by atoms with van der Waals surface area (Å²) in [6.45, 7) is 4.70. The van der Waals surface area contributed by atoms with Gasteiger partial charge in [0.1, 0.15) is 16.4 Å². The number of amides is 1. The number of nitrogens with zero attached hydrogens (tertiary/aromatic N) is 5. The first-order valence-corrected chi connectivity index (χ1v) is 13.5. The van der Waals surface area contributed by atoms with Crippen LogP contribution in [0.3, 0.4) is 0 Å². The lowest BCUT2D eigenvalue weighted by atomic mass is 9.97. The zero-order chi connectivity index (χ0) is 24.6. The summed E-state index contributed by atoms with van der Waals surface area (Å²) in [5.41, 5.74) is 2.04. The zero-order valence-corrected chi connectivity index (χ0v) is 20.8. The minimum Gasteiger partial charge on any atom is -0.360 e. The van der Waals surface area contributed by atoms with Crippen LogP contribution in [-0.2, 0) is 27.8 Å². The predicted octanol–water partition coefficient (Wildman–Crippen LogP) is 3.32. The fourth-order valence-electron chi connectivity index (χ4n) is 4.98. The first-order valence-electron chi connectivity index (χ1n) is 12.1. The Labute approximate surface area is 204 Å². The van der Waals surface area contributed by atoms with E-state index in [9.17, 15) is 13.2 Å². The van der Waals surface area contributed by atoms with Gasteiger partial charge in [-0.2, -0.15) is 4.31 Å². The van der Waals surface area contributed by atoms with Crippen LogP contribution >= 0.6 is 0 Å². The third-order valence-corrected chi connectivity index (χ3v) is 9.05. The first-order chi connectivity index (χ1) is 16.8. The van der Waals surface area contributed by atoms with Gasteiger partial charge in [-0.05, 0) is 63.8 Å². The number of benzene rings is 1. The molecule has 1 aromatic carbocycles. The smallest absolute Gasteiger partial charge is 0.248 e. The third kappa shape index (κ3) is 4.62. The highest BCUT2D eigenvalue weighted by molar-refractivity contribution is 7.89. The standard InChI is InChI=1S/C24H30N6O4S/c1-16-22(17(2)34-28-16)35(32,33)29-14-11-19(12-15-29)24(31)25-20-9-7-18(8-10-20)23-27-26-21-6-4-3-5-13-30(21)23/h7-10,19H,3-6,11-15H2,1-2H3,(H,25,31). The number of carbonyl (C=O) groups is 1. The van der Waals surface area contributed by atoms with Crippen LogP contribution in [0, 0.1) is 19.8 Å².